The normalized spacial score (nSPS) is 16.9. The van der Waals surface area contributed by atoms with Gasteiger partial charge in [-0.05, 0) is 73.8 Å². The maximum atomic E-state index is 16.0. The molecule has 5 nitrogen and oxygen atoms in total. The van der Waals surface area contributed by atoms with E-state index in [-0.39, 0.29) is 12.0 Å². The summed E-state index contributed by atoms with van der Waals surface area (Å²) in [4.78, 5) is 8.94. The number of hydrogen-bond donors (Lipinski definition) is 1. The number of alkyl halides is 1. The minimum atomic E-state index is -1.14. The summed E-state index contributed by atoms with van der Waals surface area (Å²) >= 11 is 3.69. The summed E-state index contributed by atoms with van der Waals surface area (Å²) in [7, 11) is 5.46. The minimum absolute atomic E-state index is 0.114. The maximum Gasteiger partial charge on any atom is 0.128 e. The van der Waals surface area contributed by atoms with Crippen molar-refractivity contribution < 1.29 is 14.2 Å². The van der Waals surface area contributed by atoms with Gasteiger partial charge >= 0.3 is 0 Å². The summed E-state index contributed by atoms with van der Waals surface area (Å²) in [5.41, 5.74) is 2.00. The van der Waals surface area contributed by atoms with Crippen LogP contribution in [0.4, 0.5) is 10.1 Å². The van der Waals surface area contributed by atoms with E-state index in [0.29, 0.717) is 24.2 Å². The second-order valence-corrected chi connectivity index (χ2v) is 12.0. The molecule has 1 N–H and O–H groups in total. The van der Waals surface area contributed by atoms with Crippen LogP contribution in [0.25, 0.3) is 10.9 Å². The monoisotopic (exact) mass is 517 g/mol. The van der Waals surface area contributed by atoms with Crippen molar-refractivity contribution in [2.45, 2.75) is 36.1 Å². The van der Waals surface area contributed by atoms with E-state index in [9.17, 15) is 5.11 Å². The molecule has 0 saturated carbocycles. The number of methoxy groups -OCH3 is 1. The zero-order valence-corrected chi connectivity index (χ0v) is 22.5. The Balaban J connectivity index is 1.40. The van der Waals surface area contributed by atoms with E-state index in [1.807, 2.05) is 49.0 Å². The number of ether oxygens (including phenoxy) is 1. The molecule has 3 aromatic rings. The first-order valence-corrected chi connectivity index (χ1v) is 14.1. The SMILES string of the molecule is COc1ccc2ncc(N(C)C)c([C@H](F)CCC3(CO)CCN(CCSc4cccs4)CC3)c2c1. The number of thioether (sulfide) groups is 1. The Kier molecular flexibility index (Phi) is 8.92. The molecule has 1 aliphatic rings. The number of pyridine rings is 1. The van der Waals surface area contributed by atoms with E-state index >= 15 is 4.39 Å². The van der Waals surface area contributed by atoms with Gasteiger partial charge in [0.15, 0.2) is 0 Å². The molecule has 0 bridgehead atoms. The van der Waals surface area contributed by atoms with Gasteiger partial charge in [-0.3, -0.25) is 4.98 Å². The zero-order chi connectivity index (χ0) is 24.8. The number of hydrogen-bond acceptors (Lipinski definition) is 7. The van der Waals surface area contributed by atoms with Gasteiger partial charge in [0.05, 0.1) is 28.7 Å². The number of likely N-dealkylation sites (tertiary alicyclic amines) is 1. The molecule has 0 unspecified atom stereocenters. The lowest BCUT2D eigenvalue weighted by atomic mass is 9.74. The van der Waals surface area contributed by atoms with Crippen molar-refractivity contribution in [1.82, 2.24) is 9.88 Å². The van der Waals surface area contributed by atoms with E-state index in [4.69, 9.17) is 4.74 Å². The number of benzene rings is 1. The summed E-state index contributed by atoms with van der Waals surface area (Å²) in [6.45, 7) is 3.08. The van der Waals surface area contributed by atoms with E-state index in [1.54, 1.807) is 24.6 Å². The molecular weight excluding hydrogens is 481 g/mol. The van der Waals surface area contributed by atoms with Gasteiger partial charge in [-0.25, -0.2) is 4.39 Å². The third-order valence-electron chi connectivity index (χ3n) is 7.22. The fraction of sp³-hybridized carbons (Fsp3) is 0.519. The van der Waals surface area contributed by atoms with Crippen molar-refractivity contribution in [3.05, 3.63) is 47.5 Å². The van der Waals surface area contributed by atoms with Crippen molar-refractivity contribution in [3.8, 4) is 5.75 Å². The summed E-state index contributed by atoms with van der Waals surface area (Å²) in [6, 6.07) is 9.88. The molecule has 4 rings (SSSR count). The number of thiophene rings is 1. The fourth-order valence-electron chi connectivity index (χ4n) is 4.93. The van der Waals surface area contributed by atoms with Crippen LogP contribution >= 0.6 is 23.1 Å². The Morgan fingerprint density at radius 3 is 2.74 bits per heavy atom. The third-order valence-corrected chi connectivity index (χ3v) is 9.33. The molecule has 2 aromatic heterocycles. The van der Waals surface area contributed by atoms with E-state index in [0.717, 1.165) is 54.8 Å². The highest BCUT2D eigenvalue weighted by Crippen LogP contribution is 2.42. The minimum Gasteiger partial charge on any atom is -0.497 e. The number of rotatable bonds is 11. The lowest BCUT2D eigenvalue weighted by Crippen LogP contribution is -2.42. The van der Waals surface area contributed by atoms with Gasteiger partial charge in [-0.15, -0.1) is 23.1 Å². The van der Waals surface area contributed by atoms with E-state index in [2.05, 4.69) is 27.4 Å². The second-order valence-electron chi connectivity index (χ2n) is 9.62. The van der Waals surface area contributed by atoms with Crippen molar-refractivity contribution in [3.63, 3.8) is 0 Å². The number of fused-ring (bicyclic) bond motifs is 1. The highest BCUT2D eigenvalue weighted by atomic mass is 32.2. The average molecular weight is 518 g/mol. The van der Waals surface area contributed by atoms with Crippen molar-refractivity contribution in [1.29, 1.82) is 0 Å². The maximum absolute atomic E-state index is 16.0. The van der Waals surface area contributed by atoms with Crippen LogP contribution in [0.1, 0.15) is 37.4 Å². The number of anilines is 1. The summed E-state index contributed by atoms with van der Waals surface area (Å²) in [5.74, 6) is 1.77. The molecule has 1 saturated heterocycles. The van der Waals surface area contributed by atoms with E-state index in [1.165, 1.54) is 4.21 Å². The van der Waals surface area contributed by atoms with Gasteiger partial charge in [0.2, 0.25) is 0 Å². The van der Waals surface area contributed by atoms with Gasteiger partial charge in [0.1, 0.15) is 11.9 Å². The van der Waals surface area contributed by atoms with Crippen molar-refractivity contribution in [2.75, 3.05) is 58.1 Å². The second kappa shape index (κ2) is 11.9. The molecule has 8 heteroatoms. The van der Waals surface area contributed by atoms with Crippen LogP contribution in [0, 0.1) is 5.41 Å². The van der Waals surface area contributed by atoms with Crippen LogP contribution < -0.4 is 9.64 Å². The van der Waals surface area contributed by atoms with Crippen molar-refractivity contribution >= 4 is 39.7 Å². The van der Waals surface area contributed by atoms with Crippen LogP contribution in [0.3, 0.4) is 0 Å². The molecule has 0 amide bonds. The smallest absolute Gasteiger partial charge is 0.128 e. The third kappa shape index (κ3) is 6.28. The van der Waals surface area contributed by atoms with Crippen LogP contribution in [0.2, 0.25) is 0 Å². The molecule has 0 spiro atoms. The first-order chi connectivity index (χ1) is 16.9. The highest BCUT2D eigenvalue weighted by Gasteiger charge is 2.35. The van der Waals surface area contributed by atoms with Gasteiger partial charge < -0.3 is 19.6 Å². The number of nitrogens with zero attached hydrogens (tertiary/aromatic N) is 3. The van der Waals surface area contributed by atoms with Crippen molar-refractivity contribution in [2.24, 2.45) is 5.41 Å². The van der Waals surface area contributed by atoms with Crippen LogP contribution in [-0.2, 0) is 0 Å². The molecule has 0 aliphatic carbocycles. The number of aliphatic hydroxyl groups is 1. The number of aliphatic hydroxyl groups excluding tert-OH is 1. The molecular formula is C27H36FN3O2S2. The molecule has 3 heterocycles. The van der Waals surface area contributed by atoms with Crippen LogP contribution in [0.15, 0.2) is 46.1 Å². The predicted octanol–water partition coefficient (Wildman–Crippen LogP) is 6.03. The molecule has 190 valence electrons. The summed E-state index contributed by atoms with van der Waals surface area (Å²) in [5, 5.41) is 13.2. The number of piperidine rings is 1. The van der Waals surface area contributed by atoms with Gasteiger partial charge in [-0.2, -0.15) is 0 Å². The lowest BCUT2D eigenvalue weighted by molar-refractivity contribution is 0.0323. The molecule has 35 heavy (non-hydrogen) atoms. The summed E-state index contributed by atoms with van der Waals surface area (Å²) in [6.07, 6.45) is 3.48. The molecule has 1 atom stereocenters. The Hall–Kier alpha value is -1.87. The largest absolute Gasteiger partial charge is 0.497 e. The topological polar surface area (TPSA) is 48.8 Å². The number of aromatic nitrogens is 1. The zero-order valence-electron chi connectivity index (χ0n) is 20.9. The Labute approximate surface area is 216 Å². The predicted molar refractivity (Wildman–Crippen MR) is 146 cm³/mol. The summed E-state index contributed by atoms with van der Waals surface area (Å²) < 4.78 is 22.7. The molecule has 1 aromatic carbocycles. The lowest BCUT2D eigenvalue weighted by Gasteiger charge is -2.41. The van der Waals surface area contributed by atoms with E-state index < -0.39 is 6.17 Å². The van der Waals surface area contributed by atoms with Crippen LogP contribution in [0.5, 0.6) is 5.75 Å². The fourth-order valence-corrected chi connectivity index (χ4v) is 6.79. The van der Waals surface area contributed by atoms with Gasteiger partial charge in [-0.1, -0.05) is 6.07 Å². The van der Waals surface area contributed by atoms with Crippen LogP contribution in [-0.4, -0.2) is 68.2 Å². The van der Waals surface area contributed by atoms with Gasteiger partial charge in [0.25, 0.3) is 0 Å². The quantitative estimate of drug-likeness (QED) is 0.314. The first kappa shape index (κ1) is 26.2. The molecule has 1 fully saturated rings. The average Bonchev–Trinajstić information content (AvgIpc) is 3.40. The Bertz CT molecular complexity index is 1090. The van der Waals surface area contributed by atoms with Gasteiger partial charge in [0, 0.05) is 43.9 Å². The standard InChI is InChI=1S/C27H36FN3O2S2/c1-30(2)24-18-29-23-7-6-20(33-3)17-21(23)26(24)22(28)8-9-27(19-32)10-12-31(13-11-27)14-16-35-25-5-4-15-34-25/h4-7,15,17-18,22,32H,8-14,16,19H2,1-3H3/t22-/m1/s1. The molecule has 0 radical (unpaired) electrons. The Morgan fingerprint density at radius 1 is 1.29 bits per heavy atom. The Morgan fingerprint density at radius 2 is 2.09 bits per heavy atom. The first-order valence-electron chi connectivity index (χ1n) is 12.2. The molecule has 1 aliphatic heterocycles. The highest BCUT2D eigenvalue weighted by molar-refractivity contribution is 8.01. The number of halogens is 1.